The van der Waals surface area contributed by atoms with E-state index in [-0.39, 0.29) is 4.88 Å². The zero-order valence-electron chi connectivity index (χ0n) is 8.42. The maximum atomic E-state index is 11.8. The Hall–Kier alpha value is -1.60. The Bertz CT molecular complexity index is 442. The third-order valence-electron chi connectivity index (χ3n) is 1.72. The minimum Gasteiger partial charge on any atom is -0.480 e. The van der Waals surface area contributed by atoms with Gasteiger partial charge in [-0.2, -0.15) is 0 Å². The molecule has 0 bridgehead atoms. The number of carboxylic acid groups (broad SMARTS) is 2. The zero-order valence-corrected chi connectivity index (χ0v) is 9.99. The first-order chi connectivity index (χ1) is 7.90. The summed E-state index contributed by atoms with van der Waals surface area (Å²) in [5.41, 5.74) is 0. The van der Waals surface area contributed by atoms with Crippen LogP contribution >= 0.6 is 22.9 Å². The summed E-state index contributed by atoms with van der Waals surface area (Å²) in [7, 11) is 0. The number of hydrogen-bond donors (Lipinski definition) is 2. The fraction of sp³-hybridized carbons (Fsp3) is 0.222. The molecule has 0 aromatic carbocycles. The van der Waals surface area contributed by atoms with Gasteiger partial charge < -0.3 is 15.1 Å². The van der Waals surface area contributed by atoms with Crippen molar-refractivity contribution in [3.05, 3.63) is 21.3 Å². The molecule has 0 spiro atoms. The van der Waals surface area contributed by atoms with Crippen LogP contribution in [-0.4, -0.2) is 46.0 Å². The lowest BCUT2D eigenvalue weighted by Gasteiger charge is -2.17. The van der Waals surface area contributed by atoms with Crippen LogP contribution in [0.3, 0.4) is 0 Å². The number of halogens is 1. The first kappa shape index (κ1) is 13.5. The van der Waals surface area contributed by atoms with Gasteiger partial charge in [0.25, 0.3) is 5.91 Å². The quantitative estimate of drug-likeness (QED) is 0.838. The van der Waals surface area contributed by atoms with Crippen molar-refractivity contribution in [3.63, 3.8) is 0 Å². The van der Waals surface area contributed by atoms with Gasteiger partial charge >= 0.3 is 11.9 Å². The molecule has 0 aliphatic carbocycles. The van der Waals surface area contributed by atoms with Crippen molar-refractivity contribution in [1.82, 2.24) is 4.90 Å². The molecule has 0 unspecified atom stereocenters. The van der Waals surface area contributed by atoms with E-state index in [1.54, 1.807) is 0 Å². The molecule has 0 fully saturated rings. The van der Waals surface area contributed by atoms with E-state index < -0.39 is 30.9 Å². The molecule has 1 aromatic heterocycles. The van der Waals surface area contributed by atoms with Crippen LogP contribution < -0.4 is 0 Å². The Morgan fingerprint density at radius 3 is 2.06 bits per heavy atom. The molecular formula is C9H8ClNO5S. The Labute approximate surface area is 105 Å². The molecule has 0 atom stereocenters. The lowest BCUT2D eigenvalue weighted by atomic mass is 10.3. The minimum atomic E-state index is -1.28. The molecule has 1 rings (SSSR count). The molecule has 0 aliphatic heterocycles. The largest absolute Gasteiger partial charge is 0.480 e. The number of thiophene rings is 1. The van der Waals surface area contributed by atoms with Crippen molar-refractivity contribution >= 4 is 40.8 Å². The number of carbonyl (C=O) groups is 3. The van der Waals surface area contributed by atoms with Gasteiger partial charge in [0.2, 0.25) is 0 Å². The summed E-state index contributed by atoms with van der Waals surface area (Å²) < 4.78 is 0.374. The average Bonchev–Trinajstić information content (AvgIpc) is 2.61. The highest BCUT2D eigenvalue weighted by atomic mass is 35.5. The zero-order chi connectivity index (χ0) is 13.0. The highest BCUT2D eigenvalue weighted by Crippen LogP contribution is 2.22. The molecule has 1 amide bonds. The summed E-state index contributed by atoms with van der Waals surface area (Å²) in [6.07, 6.45) is 0. The van der Waals surface area contributed by atoms with Gasteiger partial charge in [0.05, 0.1) is 9.21 Å². The highest BCUT2D eigenvalue weighted by molar-refractivity contribution is 7.17. The van der Waals surface area contributed by atoms with E-state index in [4.69, 9.17) is 21.8 Å². The van der Waals surface area contributed by atoms with Crippen LogP contribution in [0.1, 0.15) is 9.67 Å². The SMILES string of the molecule is O=C(O)CN(CC(=O)O)C(=O)c1ccc(Cl)s1. The van der Waals surface area contributed by atoms with Crippen molar-refractivity contribution in [2.24, 2.45) is 0 Å². The van der Waals surface area contributed by atoms with Gasteiger partial charge in [0.1, 0.15) is 13.1 Å². The molecule has 0 aliphatic rings. The normalized spacial score (nSPS) is 9.94. The Morgan fingerprint density at radius 2 is 1.71 bits per heavy atom. The summed E-state index contributed by atoms with van der Waals surface area (Å²) in [5, 5.41) is 17.2. The topological polar surface area (TPSA) is 94.9 Å². The lowest BCUT2D eigenvalue weighted by molar-refractivity contribution is -0.140. The predicted octanol–water partition coefficient (Wildman–Crippen LogP) is 1.01. The summed E-state index contributed by atoms with van der Waals surface area (Å²) in [5.74, 6) is -3.21. The molecule has 17 heavy (non-hydrogen) atoms. The second-order valence-electron chi connectivity index (χ2n) is 3.05. The van der Waals surface area contributed by atoms with Crippen molar-refractivity contribution < 1.29 is 24.6 Å². The van der Waals surface area contributed by atoms with Gasteiger partial charge in [0, 0.05) is 0 Å². The third-order valence-corrected chi connectivity index (χ3v) is 2.94. The number of hydrogen-bond acceptors (Lipinski definition) is 4. The summed E-state index contributed by atoms with van der Waals surface area (Å²) in [6.45, 7) is -1.33. The van der Waals surface area contributed by atoms with E-state index >= 15 is 0 Å². The molecule has 92 valence electrons. The standard InChI is InChI=1S/C9H8ClNO5S/c10-6-2-1-5(17-6)9(16)11(3-7(12)13)4-8(14)15/h1-2H,3-4H2,(H,12,13)(H,14,15). The third kappa shape index (κ3) is 4.04. The first-order valence-corrected chi connectivity index (χ1v) is 5.58. The summed E-state index contributed by atoms with van der Waals surface area (Å²) >= 11 is 6.60. The van der Waals surface area contributed by atoms with Gasteiger partial charge in [-0.25, -0.2) is 0 Å². The van der Waals surface area contributed by atoms with E-state index in [0.717, 1.165) is 16.2 Å². The number of carbonyl (C=O) groups excluding carboxylic acids is 1. The van der Waals surface area contributed by atoms with Crippen molar-refractivity contribution in [3.8, 4) is 0 Å². The Balaban J connectivity index is 2.85. The van der Waals surface area contributed by atoms with Gasteiger partial charge in [-0.05, 0) is 12.1 Å². The van der Waals surface area contributed by atoms with Crippen molar-refractivity contribution in [1.29, 1.82) is 0 Å². The van der Waals surface area contributed by atoms with E-state index in [9.17, 15) is 14.4 Å². The molecule has 1 heterocycles. The molecular weight excluding hydrogens is 270 g/mol. The molecule has 0 radical (unpaired) electrons. The monoisotopic (exact) mass is 277 g/mol. The van der Waals surface area contributed by atoms with E-state index in [2.05, 4.69) is 0 Å². The maximum absolute atomic E-state index is 11.8. The van der Waals surface area contributed by atoms with Gasteiger partial charge in [-0.3, -0.25) is 14.4 Å². The van der Waals surface area contributed by atoms with Crippen LogP contribution in [0.4, 0.5) is 0 Å². The first-order valence-electron chi connectivity index (χ1n) is 4.38. The van der Waals surface area contributed by atoms with Crippen LogP contribution in [0.25, 0.3) is 0 Å². The second-order valence-corrected chi connectivity index (χ2v) is 4.77. The van der Waals surface area contributed by atoms with E-state index in [0.29, 0.717) is 4.34 Å². The number of aliphatic carboxylic acids is 2. The maximum Gasteiger partial charge on any atom is 0.323 e. The minimum absolute atomic E-state index is 0.206. The molecule has 0 saturated carbocycles. The van der Waals surface area contributed by atoms with Crippen LogP contribution in [0.5, 0.6) is 0 Å². The highest BCUT2D eigenvalue weighted by Gasteiger charge is 2.22. The van der Waals surface area contributed by atoms with Crippen molar-refractivity contribution in [2.75, 3.05) is 13.1 Å². The van der Waals surface area contributed by atoms with Gasteiger partial charge in [0.15, 0.2) is 0 Å². The van der Waals surface area contributed by atoms with E-state index in [1.807, 2.05) is 0 Å². The molecule has 1 aromatic rings. The smallest absolute Gasteiger partial charge is 0.323 e. The fourth-order valence-corrected chi connectivity index (χ4v) is 2.12. The second kappa shape index (κ2) is 5.65. The molecule has 2 N–H and O–H groups in total. The summed E-state index contributed by atoms with van der Waals surface area (Å²) in [6, 6.07) is 2.91. The fourth-order valence-electron chi connectivity index (χ4n) is 1.11. The average molecular weight is 278 g/mol. The van der Waals surface area contributed by atoms with Crippen LogP contribution in [0.2, 0.25) is 4.34 Å². The Morgan fingerprint density at radius 1 is 1.18 bits per heavy atom. The molecule has 0 saturated heterocycles. The summed E-state index contributed by atoms with van der Waals surface area (Å²) in [4.78, 5) is 33.8. The Kier molecular flexibility index (Phi) is 4.47. The molecule has 6 nitrogen and oxygen atoms in total. The van der Waals surface area contributed by atoms with E-state index in [1.165, 1.54) is 12.1 Å². The number of carboxylic acids is 2. The number of rotatable bonds is 5. The van der Waals surface area contributed by atoms with Crippen LogP contribution in [0, 0.1) is 0 Å². The van der Waals surface area contributed by atoms with Crippen molar-refractivity contribution in [2.45, 2.75) is 0 Å². The molecule has 8 heteroatoms. The van der Waals surface area contributed by atoms with Gasteiger partial charge in [-0.1, -0.05) is 11.6 Å². The van der Waals surface area contributed by atoms with Crippen LogP contribution in [-0.2, 0) is 9.59 Å². The predicted molar refractivity (Wildman–Crippen MR) is 60.5 cm³/mol. The lowest BCUT2D eigenvalue weighted by Crippen LogP contribution is -2.39. The van der Waals surface area contributed by atoms with Gasteiger partial charge in [-0.15, -0.1) is 11.3 Å². The van der Waals surface area contributed by atoms with Crippen LogP contribution in [0.15, 0.2) is 12.1 Å². The number of amides is 1. The number of nitrogens with zero attached hydrogens (tertiary/aromatic N) is 1.